The van der Waals surface area contributed by atoms with E-state index < -0.39 is 5.60 Å². The first kappa shape index (κ1) is 16.9. The fourth-order valence-electron chi connectivity index (χ4n) is 1.85. The molecule has 4 nitrogen and oxygen atoms in total. The molecule has 0 saturated carbocycles. The summed E-state index contributed by atoms with van der Waals surface area (Å²) >= 11 is 0. The van der Waals surface area contributed by atoms with E-state index in [-0.39, 0.29) is 24.1 Å². The number of carbonyl (C=O) groups is 2. The molecule has 0 heterocycles. The number of nitrogens with zero attached hydrogens (tertiary/aromatic N) is 1. The fourth-order valence-corrected chi connectivity index (χ4v) is 1.85. The zero-order valence-electron chi connectivity index (χ0n) is 12.7. The number of aldehydes is 1. The van der Waals surface area contributed by atoms with E-state index in [2.05, 4.69) is 0 Å². The monoisotopic (exact) mass is 257 g/mol. The van der Waals surface area contributed by atoms with Crippen LogP contribution < -0.4 is 0 Å². The summed E-state index contributed by atoms with van der Waals surface area (Å²) in [6.45, 7) is 13.4. The SMILES string of the molecule is CC(C)C(CC=O)N(C(=O)OC(C)(C)C)C(C)C. The molecule has 0 aromatic carbocycles. The van der Waals surface area contributed by atoms with Gasteiger partial charge in [-0.1, -0.05) is 13.8 Å². The Bertz CT molecular complexity index is 279. The van der Waals surface area contributed by atoms with Crippen molar-refractivity contribution in [2.24, 2.45) is 5.92 Å². The quantitative estimate of drug-likeness (QED) is 0.710. The Kier molecular flexibility index (Phi) is 6.36. The van der Waals surface area contributed by atoms with Crippen LogP contribution in [0, 0.1) is 5.92 Å². The Hall–Kier alpha value is -1.06. The highest BCUT2D eigenvalue weighted by molar-refractivity contribution is 5.69. The molecule has 0 bridgehead atoms. The molecular weight excluding hydrogens is 230 g/mol. The topological polar surface area (TPSA) is 46.6 Å². The van der Waals surface area contributed by atoms with Crippen molar-refractivity contribution in [3.63, 3.8) is 0 Å². The van der Waals surface area contributed by atoms with Crippen LogP contribution in [0.4, 0.5) is 4.79 Å². The maximum atomic E-state index is 12.2. The number of carbonyl (C=O) groups excluding carboxylic acids is 2. The summed E-state index contributed by atoms with van der Waals surface area (Å²) in [6, 6.07) is -0.107. The highest BCUT2D eigenvalue weighted by Gasteiger charge is 2.31. The van der Waals surface area contributed by atoms with E-state index >= 15 is 0 Å². The van der Waals surface area contributed by atoms with Crippen LogP contribution in [0.1, 0.15) is 54.9 Å². The smallest absolute Gasteiger partial charge is 0.410 e. The van der Waals surface area contributed by atoms with Gasteiger partial charge in [-0.15, -0.1) is 0 Å². The highest BCUT2D eigenvalue weighted by Crippen LogP contribution is 2.20. The summed E-state index contributed by atoms with van der Waals surface area (Å²) in [7, 11) is 0. The van der Waals surface area contributed by atoms with Gasteiger partial charge in [-0.3, -0.25) is 0 Å². The molecule has 0 fully saturated rings. The molecule has 0 aromatic heterocycles. The molecule has 1 amide bonds. The van der Waals surface area contributed by atoms with E-state index in [1.54, 1.807) is 4.90 Å². The lowest BCUT2D eigenvalue weighted by Crippen LogP contribution is -2.49. The Morgan fingerprint density at radius 1 is 1.22 bits per heavy atom. The first-order valence-corrected chi connectivity index (χ1v) is 6.55. The first-order chi connectivity index (χ1) is 8.10. The van der Waals surface area contributed by atoms with Gasteiger partial charge in [0.1, 0.15) is 11.9 Å². The van der Waals surface area contributed by atoms with Crippen molar-refractivity contribution < 1.29 is 14.3 Å². The Labute approximate surface area is 111 Å². The third-order valence-electron chi connectivity index (χ3n) is 2.63. The van der Waals surface area contributed by atoms with Crippen molar-refractivity contribution in [2.45, 2.75) is 72.6 Å². The number of rotatable bonds is 5. The summed E-state index contributed by atoms with van der Waals surface area (Å²) < 4.78 is 5.41. The van der Waals surface area contributed by atoms with E-state index in [0.29, 0.717) is 6.42 Å². The molecule has 1 atom stereocenters. The molecule has 18 heavy (non-hydrogen) atoms. The number of hydrogen-bond donors (Lipinski definition) is 0. The minimum atomic E-state index is -0.521. The molecular formula is C14H27NO3. The average molecular weight is 257 g/mol. The van der Waals surface area contributed by atoms with Gasteiger partial charge in [-0.25, -0.2) is 4.79 Å². The van der Waals surface area contributed by atoms with Gasteiger partial charge in [0.15, 0.2) is 0 Å². The van der Waals surface area contributed by atoms with E-state index in [1.165, 1.54) is 0 Å². The van der Waals surface area contributed by atoms with Crippen LogP contribution in [-0.4, -0.2) is 35.0 Å². The van der Waals surface area contributed by atoms with Crippen molar-refractivity contribution in [2.75, 3.05) is 0 Å². The van der Waals surface area contributed by atoms with E-state index in [0.717, 1.165) is 6.29 Å². The second kappa shape index (κ2) is 6.76. The van der Waals surface area contributed by atoms with E-state index in [1.807, 2.05) is 48.5 Å². The summed E-state index contributed by atoms with van der Waals surface area (Å²) in [5, 5.41) is 0. The molecule has 106 valence electrons. The van der Waals surface area contributed by atoms with Crippen LogP contribution in [0.3, 0.4) is 0 Å². The molecule has 0 aromatic rings. The van der Waals surface area contributed by atoms with Crippen LogP contribution in [0.15, 0.2) is 0 Å². The zero-order valence-corrected chi connectivity index (χ0v) is 12.7. The van der Waals surface area contributed by atoms with Crippen LogP contribution in [0.2, 0.25) is 0 Å². The van der Waals surface area contributed by atoms with Crippen molar-refractivity contribution in [1.29, 1.82) is 0 Å². The second-order valence-corrected chi connectivity index (χ2v) is 6.20. The minimum Gasteiger partial charge on any atom is -0.444 e. The molecule has 0 rings (SSSR count). The zero-order chi connectivity index (χ0) is 14.5. The molecule has 1 unspecified atom stereocenters. The molecule has 0 saturated heterocycles. The summed E-state index contributed by atoms with van der Waals surface area (Å²) in [5.74, 6) is 0.213. The molecule has 4 heteroatoms. The summed E-state index contributed by atoms with van der Waals surface area (Å²) in [6.07, 6.45) is 0.859. The maximum Gasteiger partial charge on any atom is 0.410 e. The third kappa shape index (κ3) is 5.52. The first-order valence-electron chi connectivity index (χ1n) is 6.55. The van der Waals surface area contributed by atoms with Crippen molar-refractivity contribution in [3.05, 3.63) is 0 Å². The molecule has 0 aliphatic carbocycles. The van der Waals surface area contributed by atoms with Crippen LogP contribution >= 0.6 is 0 Å². The van der Waals surface area contributed by atoms with Crippen LogP contribution in [-0.2, 0) is 9.53 Å². The Balaban J connectivity index is 5.03. The third-order valence-corrected chi connectivity index (χ3v) is 2.63. The lowest BCUT2D eigenvalue weighted by Gasteiger charge is -2.37. The Morgan fingerprint density at radius 2 is 1.72 bits per heavy atom. The van der Waals surface area contributed by atoms with E-state index in [9.17, 15) is 9.59 Å². The van der Waals surface area contributed by atoms with Crippen molar-refractivity contribution in [1.82, 2.24) is 4.90 Å². The largest absolute Gasteiger partial charge is 0.444 e. The fraction of sp³-hybridized carbons (Fsp3) is 0.857. The number of hydrogen-bond acceptors (Lipinski definition) is 3. The van der Waals surface area contributed by atoms with Gasteiger partial charge >= 0.3 is 6.09 Å². The van der Waals surface area contributed by atoms with Gasteiger partial charge in [0.05, 0.1) is 0 Å². The number of ether oxygens (including phenoxy) is 1. The maximum absolute atomic E-state index is 12.2. The molecule has 0 aliphatic heterocycles. The van der Waals surface area contributed by atoms with Gasteiger partial charge < -0.3 is 14.4 Å². The molecule has 0 aliphatic rings. The van der Waals surface area contributed by atoms with E-state index in [4.69, 9.17) is 4.74 Å². The molecule has 0 N–H and O–H groups in total. The lowest BCUT2D eigenvalue weighted by atomic mass is 9.99. The highest BCUT2D eigenvalue weighted by atomic mass is 16.6. The minimum absolute atomic E-state index is 0.00667. The van der Waals surface area contributed by atoms with Gasteiger partial charge in [0, 0.05) is 18.5 Å². The van der Waals surface area contributed by atoms with Gasteiger partial charge in [-0.05, 0) is 40.5 Å². The van der Waals surface area contributed by atoms with Gasteiger partial charge in [0.2, 0.25) is 0 Å². The normalized spacial score (nSPS) is 13.6. The van der Waals surface area contributed by atoms with Crippen LogP contribution in [0.5, 0.6) is 0 Å². The summed E-state index contributed by atoms with van der Waals surface area (Å²) in [5.41, 5.74) is -0.521. The van der Waals surface area contributed by atoms with Gasteiger partial charge in [-0.2, -0.15) is 0 Å². The Morgan fingerprint density at radius 3 is 2.00 bits per heavy atom. The molecule has 0 radical (unpaired) electrons. The second-order valence-electron chi connectivity index (χ2n) is 6.20. The van der Waals surface area contributed by atoms with Crippen LogP contribution in [0.25, 0.3) is 0 Å². The summed E-state index contributed by atoms with van der Waals surface area (Å²) in [4.78, 5) is 24.7. The standard InChI is InChI=1S/C14H27NO3/c1-10(2)12(8-9-16)15(11(3)4)13(17)18-14(5,6)7/h9-12H,8H2,1-7H3. The number of amides is 1. The van der Waals surface area contributed by atoms with Crippen molar-refractivity contribution in [3.8, 4) is 0 Å². The average Bonchev–Trinajstić information content (AvgIpc) is 2.13. The predicted molar refractivity (Wildman–Crippen MR) is 72.5 cm³/mol. The van der Waals surface area contributed by atoms with Gasteiger partial charge in [0.25, 0.3) is 0 Å². The molecule has 0 spiro atoms. The lowest BCUT2D eigenvalue weighted by molar-refractivity contribution is -0.109. The van der Waals surface area contributed by atoms with Crippen molar-refractivity contribution >= 4 is 12.4 Å². The predicted octanol–water partition coefficient (Wildman–Crippen LogP) is 3.25.